The Morgan fingerprint density at radius 1 is 1.04 bits per heavy atom. The Bertz CT molecular complexity index is 1490. The lowest BCUT2D eigenvalue weighted by atomic mass is 9.91. The number of amides is 2. The molecule has 0 unspecified atom stereocenters. The number of benzene rings is 1. The Morgan fingerprint density at radius 3 is 2.38 bits per heavy atom. The molecule has 16 heteroatoms. The van der Waals surface area contributed by atoms with Crippen molar-refractivity contribution in [2.45, 2.75) is 63.6 Å². The molecule has 3 N–H and O–H groups in total. The highest BCUT2D eigenvalue weighted by molar-refractivity contribution is 7.85. The number of piperidine rings is 1. The summed E-state index contributed by atoms with van der Waals surface area (Å²) in [6.45, 7) is 1.61. The molecule has 1 aromatic carbocycles. The number of nitrogens with one attached hydrogen (secondary N) is 2. The Balaban J connectivity index is 1.35. The van der Waals surface area contributed by atoms with Gasteiger partial charge in [0.15, 0.2) is 0 Å². The maximum absolute atomic E-state index is 13.9. The predicted octanol–water partition coefficient (Wildman–Crippen LogP) is 3.04. The normalized spacial score (nSPS) is 17.6. The molecule has 2 amide bonds. The van der Waals surface area contributed by atoms with Crippen molar-refractivity contribution in [3.63, 3.8) is 0 Å². The average Bonchev–Trinajstić information content (AvgIpc) is 3.50. The summed E-state index contributed by atoms with van der Waals surface area (Å²) in [6, 6.07) is 9.91. The highest BCUT2D eigenvalue weighted by Crippen LogP contribution is 2.34. The van der Waals surface area contributed by atoms with Gasteiger partial charge >= 0.3 is 6.18 Å². The first-order valence-corrected chi connectivity index (χ1v) is 16.4. The van der Waals surface area contributed by atoms with E-state index in [-0.39, 0.29) is 29.9 Å². The number of alkyl halides is 3. The highest BCUT2D eigenvalue weighted by Gasteiger charge is 2.39. The zero-order valence-electron chi connectivity index (χ0n) is 24.6. The molecule has 2 aromatic rings. The van der Waals surface area contributed by atoms with Crippen LogP contribution >= 0.6 is 0 Å². The van der Waals surface area contributed by atoms with E-state index in [2.05, 4.69) is 26.7 Å². The van der Waals surface area contributed by atoms with Crippen LogP contribution in [0.3, 0.4) is 0 Å². The molecule has 2 aliphatic heterocycles. The number of hydrogen-bond acceptors (Lipinski definition) is 9. The molecule has 4 rings (SSSR count). The van der Waals surface area contributed by atoms with Crippen LogP contribution in [0, 0.1) is 17.2 Å². The van der Waals surface area contributed by atoms with E-state index in [9.17, 15) is 31.2 Å². The van der Waals surface area contributed by atoms with Crippen molar-refractivity contribution in [2.24, 2.45) is 5.92 Å². The number of anilines is 2. The Morgan fingerprint density at radius 2 is 1.73 bits per heavy atom. The van der Waals surface area contributed by atoms with Gasteiger partial charge in [-0.2, -0.15) is 26.9 Å². The van der Waals surface area contributed by atoms with Crippen LogP contribution in [0.4, 0.5) is 24.8 Å². The maximum Gasteiger partial charge on any atom is 0.451 e. The van der Waals surface area contributed by atoms with Crippen molar-refractivity contribution >= 4 is 33.6 Å². The number of nitrogens with zero attached hydrogens (tertiary/aromatic N) is 5. The van der Waals surface area contributed by atoms with E-state index < -0.39 is 39.9 Å². The zero-order valence-corrected chi connectivity index (χ0v) is 25.4. The SMILES string of the molecule is N#Cc1ccc(CCNC(=O)[C@@H]2CCCN2c2cc(N3CCC(CCCC(=O)NCS(=O)(=O)O)CC3)nc(C(F)(F)F)n2)cc1. The molecule has 2 saturated heterocycles. The maximum atomic E-state index is 13.9. The third-order valence-electron chi connectivity index (χ3n) is 8.00. The minimum Gasteiger partial charge on any atom is -0.356 e. The summed E-state index contributed by atoms with van der Waals surface area (Å²) in [4.78, 5) is 35.9. The second-order valence-electron chi connectivity index (χ2n) is 11.3. The summed E-state index contributed by atoms with van der Waals surface area (Å²) in [5, 5.41) is 14.0. The van der Waals surface area contributed by atoms with E-state index in [0.29, 0.717) is 76.7 Å². The second kappa shape index (κ2) is 14.9. The van der Waals surface area contributed by atoms with Crippen molar-refractivity contribution in [3.05, 3.63) is 47.3 Å². The summed E-state index contributed by atoms with van der Waals surface area (Å²) < 4.78 is 71.9. The van der Waals surface area contributed by atoms with E-state index in [0.717, 1.165) is 5.56 Å². The van der Waals surface area contributed by atoms with E-state index in [1.807, 2.05) is 12.1 Å². The van der Waals surface area contributed by atoms with Crippen molar-refractivity contribution < 1.29 is 35.7 Å². The molecule has 2 fully saturated rings. The number of aromatic nitrogens is 2. The predicted molar refractivity (Wildman–Crippen MR) is 159 cm³/mol. The van der Waals surface area contributed by atoms with E-state index in [1.165, 1.54) is 6.07 Å². The van der Waals surface area contributed by atoms with Crippen molar-refractivity contribution in [3.8, 4) is 6.07 Å². The number of rotatable bonds is 12. The quantitative estimate of drug-likeness (QED) is 0.290. The van der Waals surface area contributed by atoms with Gasteiger partial charge in [-0.1, -0.05) is 12.1 Å². The molecule has 244 valence electrons. The van der Waals surface area contributed by atoms with Gasteiger partial charge in [0.05, 0.1) is 11.6 Å². The first-order valence-electron chi connectivity index (χ1n) is 14.8. The third kappa shape index (κ3) is 10.0. The van der Waals surface area contributed by atoms with Gasteiger partial charge in [0.2, 0.25) is 17.6 Å². The first kappa shape index (κ1) is 33.9. The standard InChI is InChI=1S/C29H36F3N7O5S/c30-29(31,32)28-36-24(38-15-11-20(12-16-38)3-1-5-26(40)35-19-45(42,43)44)17-25(37-28)39-14-2-4-23(39)27(41)34-13-10-21-6-8-22(18-33)9-7-21/h6-9,17,20,23H,1-5,10-16,19H2,(H,34,41)(H,35,40)(H,42,43,44)/t23-/m0/s1. The molecule has 12 nitrogen and oxygen atoms in total. The zero-order chi connectivity index (χ0) is 32.6. The number of carbonyl (C=O) groups excluding carboxylic acids is 2. The fraction of sp³-hybridized carbons (Fsp3) is 0.552. The van der Waals surface area contributed by atoms with Gasteiger partial charge in [-0.3, -0.25) is 14.1 Å². The van der Waals surface area contributed by atoms with Gasteiger partial charge in [-0.25, -0.2) is 9.97 Å². The van der Waals surface area contributed by atoms with Crippen LogP contribution in [0.5, 0.6) is 0 Å². The number of nitriles is 1. The smallest absolute Gasteiger partial charge is 0.356 e. The molecule has 0 bridgehead atoms. The van der Waals surface area contributed by atoms with Crippen molar-refractivity contribution in [1.82, 2.24) is 20.6 Å². The van der Waals surface area contributed by atoms with Gasteiger partial charge in [0.25, 0.3) is 10.1 Å². The van der Waals surface area contributed by atoms with E-state index in [1.54, 1.807) is 21.9 Å². The van der Waals surface area contributed by atoms with Crippen LogP contribution in [-0.2, 0) is 32.3 Å². The lowest BCUT2D eigenvalue weighted by molar-refractivity contribution is -0.144. The molecule has 0 spiro atoms. The van der Waals surface area contributed by atoms with Crippen LogP contribution in [0.25, 0.3) is 0 Å². The van der Waals surface area contributed by atoms with Crippen LogP contribution in [0.1, 0.15) is 61.9 Å². The summed E-state index contributed by atoms with van der Waals surface area (Å²) in [7, 11) is -4.29. The summed E-state index contributed by atoms with van der Waals surface area (Å²) in [5.74, 6) is -2.46. The summed E-state index contributed by atoms with van der Waals surface area (Å²) in [5.41, 5.74) is 1.48. The van der Waals surface area contributed by atoms with Crippen molar-refractivity contribution in [1.29, 1.82) is 5.26 Å². The Hall–Kier alpha value is -3.97. The Kier molecular flexibility index (Phi) is 11.2. The molecular weight excluding hydrogens is 615 g/mol. The molecule has 0 aliphatic carbocycles. The molecule has 0 radical (unpaired) electrons. The average molecular weight is 652 g/mol. The van der Waals surface area contributed by atoms with E-state index in [4.69, 9.17) is 9.81 Å². The van der Waals surface area contributed by atoms with Gasteiger partial charge < -0.3 is 20.4 Å². The summed E-state index contributed by atoms with van der Waals surface area (Å²) >= 11 is 0. The minimum atomic E-state index is -4.78. The largest absolute Gasteiger partial charge is 0.451 e. The Labute approximate surface area is 259 Å². The number of hydrogen-bond donors (Lipinski definition) is 3. The molecule has 1 atom stereocenters. The van der Waals surface area contributed by atoms with Gasteiger partial charge in [-0.15, -0.1) is 0 Å². The molecular formula is C29H36F3N7O5S. The molecule has 3 heterocycles. The first-order chi connectivity index (χ1) is 21.3. The summed E-state index contributed by atoms with van der Waals surface area (Å²) in [6.07, 6.45) is -0.525. The van der Waals surface area contributed by atoms with Gasteiger partial charge in [-0.05, 0) is 68.6 Å². The molecule has 0 saturated carbocycles. The number of halogens is 3. The third-order valence-corrected chi connectivity index (χ3v) is 8.51. The van der Waals surface area contributed by atoms with Crippen molar-refractivity contribution in [2.75, 3.05) is 41.9 Å². The van der Waals surface area contributed by atoms with Crippen LogP contribution in [-0.4, -0.2) is 72.9 Å². The highest BCUT2D eigenvalue weighted by atomic mass is 32.2. The number of carbonyl (C=O) groups is 2. The molecule has 45 heavy (non-hydrogen) atoms. The van der Waals surface area contributed by atoms with Crippen LogP contribution in [0.15, 0.2) is 30.3 Å². The van der Waals surface area contributed by atoms with Gasteiger partial charge in [0, 0.05) is 38.7 Å². The minimum absolute atomic E-state index is 0.0510. The lowest BCUT2D eigenvalue weighted by Gasteiger charge is -2.34. The monoisotopic (exact) mass is 651 g/mol. The second-order valence-corrected chi connectivity index (χ2v) is 12.7. The molecule has 2 aliphatic rings. The van der Waals surface area contributed by atoms with E-state index >= 15 is 0 Å². The van der Waals surface area contributed by atoms with Gasteiger partial charge in [0.1, 0.15) is 23.6 Å². The fourth-order valence-electron chi connectivity index (χ4n) is 5.63. The fourth-order valence-corrected chi connectivity index (χ4v) is 5.97. The lowest BCUT2D eigenvalue weighted by Crippen LogP contribution is -2.44. The molecule has 1 aromatic heterocycles. The van der Waals surface area contributed by atoms with Crippen LogP contribution in [0.2, 0.25) is 0 Å². The van der Waals surface area contributed by atoms with Crippen LogP contribution < -0.4 is 20.4 Å². The topological polar surface area (TPSA) is 169 Å².